The van der Waals surface area contributed by atoms with Crippen LogP contribution >= 0.6 is 0 Å². The molecule has 0 heterocycles. The number of primary amides is 1. The molecule has 0 rings (SSSR count). The van der Waals surface area contributed by atoms with E-state index < -0.39 is 84.6 Å². The van der Waals surface area contributed by atoms with Crippen molar-refractivity contribution in [1.29, 1.82) is 0 Å². The lowest BCUT2D eigenvalue weighted by atomic mass is 9.98. The summed E-state index contributed by atoms with van der Waals surface area (Å²) < 4.78 is 0. The Morgan fingerprint density at radius 1 is 0.844 bits per heavy atom. The summed E-state index contributed by atoms with van der Waals surface area (Å²) in [5.41, 5.74) is 10.6. The number of nitrogens with one attached hydrogen (secondary N) is 3. The van der Waals surface area contributed by atoms with Crippen molar-refractivity contribution in [3.8, 4) is 0 Å². The highest BCUT2D eigenvalue weighted by atomic mass is 16.4. The molecule has 0 spiro atoms. The van der Waals surface area contributed by atoms with E-state index in [1.807, 2.05) is 0 Å². The van der Waals surface area contributed by atoms with Gasteiger partial charge in [-0.05, 0) is 12.8 Å². The van der Waals surface area contributed by atoms with Crippen molar-refractivity contribution in [3.05, 3.63) is 0 Å². The maximum atomic E-state index is 12.6. The minimum Gasteiger partial charge on any atom is -0.481 e. The lowest BCUT2D eigenvalue weighted by molar-refractivity contribution is -0.144. The van der Waals surface area contributed by atoms with Gasteiger partial charge in [-0.1, -0.05) is 20.3 Å². The van der Waals surface area contributed by atoms with E-state index in [0.29, 0.717) is 6.42 Å². The average molecular weight is 461 g/mol. The number of amides is 4. The van der Waals surface area contributed by atoms with Crippen LogP contribution in [0.3, 0.4) is 0 Å². The van der Waals surface area contributed by atoms with Crippen molar-refractivity contribution in [1.82, 2.24) is 16.0 Å². The monoisotopic (exact) mass is 461 g/mol. The van der Waals surface area contributed by atoms with E-state index in [0.717, 1.165) is 0 Å². The van der Waals surface area contributed by atoms with E-state index in [4.69, 9.17) is 16.6 Å². The molecule has 0 saturated heterocycles. The first kappa shape index (κ1) is 28.7. The molecule has 0 aliphatic rings. The van der Waals surface area contributed by atoms with Gasteiger partial charge in [0.25, 0.3) is 0 Å². The van der Waals surface area contributed by atoms with Crippen LogP contribution in [-0.2, 0) is 28.8 Å². The lowest BCUT2D eigenvalue weighted by Crippen LogP contribution is -2.59. The van der Waals surface area contributed by atoms with Crippen LogP contribution in [0, 0.1) is 5.92 Å². The number of hydrogen-bond donors (Lipinski definition) is 8. The summed E-state index contributed by atoms with van der Waals surface area (Å²) in [5, 5.41) is 34.1. The summed E-state index contributed by atoms with van der Waals surface area (Å²) in [6.07, 6.45) is -2.52. The van der Waals surface area contributed by atoms with Gasteiger partial charge in [0.05, 0.1) is 18.9 Å². The number of carbonyl (C=O) groups is 6. The summed E-state index contributed by atoms with van der Waals surface area (Å²) in [7, 11) is 0. The standard InChI is InChI=1S/C18H31N5O9/c1-4-7(2)14(18(31)32)23-16(29)9(5-11(19)25)21-15(28)10(6-12(26)27)22-17(30)13(20)8(3)24/h7-10,13-14,24H,4-6,20H2,1-3H3,(H2,19,25)(H,21,28)(H,22,30)(H,23,29)(H,26,27)(H,31,32). The molecule has 182 valence electrons. The van der Waals surface area contributed by atoms with Gasteiger partial charge in [0.2, 0.25) is 23.6 Å². The molecule has 0 radical (unpaired) electrons. The molecule has 0 aliphatic heterocycles. The molecule has 0 fully saturated rings. The minimum atomic E-state index is -1.71. The predicted molar refractivity (Wildman–Crippen MR) is 109 cm³/mol. The van der Waals surface area contributed by atoms with E-state index in [2.05, 4.69) is 16.0 Å². The van der Waals surface area contributed by atoms with Gasteiger partial charge in [0, 0.05) is 0 Å². The zero-order valence-corrected chi connectivity index (χ0v) is 18.0. The van der Waals surface area contributed by atoms with Crippen LogP contribution in [0.4, 0.5) is 0 Å². The molecular weight excluding hydrogens is 430 g/mol. The molecule has 14 nitrogen and oxygen atoms in total. The van der Waals surface area contributed by atoms with E-state index in [9.17, 15) is 39.0 Å². The van der Waals surface area contributed by atoms with E-state index in [1.54, 1.807) is 13.8 Å². The minimum absolute atomic E-state index is 0.403. The molecule has 6 atom stereocenters. The summed E-state index contributed by atoms with van der Waals surface area (Å²) >= 11 is 0. The molecule has 0 aliphatic carbocycles. The number of carbonyl (C=O) groups excluding carboxylic acids is 4. The molecule has 6 unspecified atom stereocenters. The topological polar surface area (TPSA) is 251 Å². The number of aliphatic hydroxyl groups is 1. The SMILES string of the molecule is CCC(C)C(NC(=O)C(CC(N)=O)NC(=O)C(CC(=O)O)NC(=O)C(N)C(C)O)C(=O)O. The van der Waals surface area contributed by atoms with Gasteiger partial charge in [-0.2, -0.15) is 0 Å². The molecule has 0 saturated carbocycles. The van der Waals surface area contributed by atoms with Gasteiger partial charge < -0.3 is 42.7 Å². The summed E-state index contributed by atoms with van der Waals surface area (Å²) in [5.74, 6) is -7.52. The fourth-order valence-electron chi connectivity index (χ4n) is 2.49. The second-order valence-electron chi connectivity index (χ2n) is 7.37. The van der Waals surface area contributed by atoms with Gasteiger partial charge in [-0.25, -0.2) is 4.79 Å². The predicted octanol–water partition coefficient (Wildman–Crippen LogP) is -3.37. The van der Waals surface area contributed by atoms with Crippen LogP contribution in [0.25, 0.3) is 0 Å². The highest BCUT2D eigenvalue weighted by molar-refractivity contribution is 5.97. The number of aliphatic hydroxyl groups excluding tert-OH is 1. The number of nitrogens with two attached hydrogens (primary N) is 2. The van der Waals surface area contributed by atoms with Gasteiger partial charge in [0.15, 0.2) is 0 Å². The molecule has 32 heavy (non-hydrogen) atoms. The average Bonchev–Trinajstić information content (AvgIpc) is 2.68. The first-order chi connectivity index (χ1) is 14.7. The quantitative estimate of drug-likeness (QED) is 0.127. The highest BCUT2D eigenvalue weighted by Gasteiger charge is 2.33. The fourth-order valence-corrected chi connectivity index (χ4v) is 2.49. The molecule has 0 aromatic heterocycles. The Hall–Kier alpha value is -3.26. The first-order valence-electron chi connectivity index (χ1n) is 9.78. The molecular formula is C18H31N5O9. The van der Waals surface area contributed by atoms with Crippen LogP contribution in [-0.4, -0.2) is 81.2 Å². The Labute approximate surface area is 184 Å². The van der Waals surface area contributed by atoms with Crippen molar-refractivity contribution >= 4 is 35.6 Å². The molecule has 0 bridgehead atoms. The Kier molecular flexibility index (Phi) is 11.9. The van der Waals surface area contributed by atoms with Crippen molar-refractivity contribution in [2.75, 3.05) is 0 Å². The maximum Gasteiger partial charge on any atom is 0.326 e. The summed E-state index contributed by atoms with van der Waals surface area (Å²) in [6, 6.07) is -6.13. The van der Waals surface area contributed by atoms with Crippen molar-refractivity contribution < 1.29 is 44.1 Å². The zero-order valence-electron chi connectivity index (χ0n) is 18.0. The van der Waals surface area contributed by atoms with E-state index in [-0.39, 0.29) is 0 Å². The van der Waals surface area contributed by atoms with Crippen LogP contribution < -0.4 is 27.4 Å². The highest BCUT2D eigenvalue weighted by Crippen LogP contribution is 2.09. The summed E-state index contributed by atoms with van der Waals surface area (Å²) in [4.78, 5) is 71.0. The van der Waals surface area contributed by atoms with Gasteiger partial charge >= 0.3 is 11.9 Å². The third kappa shape index (κ3) is 9.70. The van der Waals surface area contributed by atoms with Gasteiger partial charge in [0.1, 0.15) is 24.2 Å². The van der Waals surface area contributed by atoms with Crippen LogP contribution in [0.5, 0.6) is 0 Å². The van der Waals surface area contributed by atoms with Crippen molar-refractivity contribution in [2.24, 2.45) is 17.4 Å². The summed E-state index contributed by atoms with van der Waals surface area (Å²) in [6.45, 7) is 4.48. The normalized spacial score (nSPS) is 16.4. The Bertz CT molecular complexity index is 728. The number of rotatable bonds is 14. The van der Waals surface area contributed by atoms with Gasteiger partial charge in [-0.15, -0.1) is 0 Å². The maximum absolute atomic E-state index is 12.6. The van der Waals surface area contributed by atoms with Crippen LogP contribution in [0.15, 0.2) is 0 Å². The van der Waals surface area contributed by atoms with Crippen LogP contribution in [0.1, 0.15) is 40.0 Å². The van der Waals surface area contributed by atoms with Crippen LogP contribution in [0.2, 0.25) is 0 Å². The van der Waals surface area contributed by atoms with E-state index in [1.165, 1.54) is 6.92 Å². The number of aliphatic carboxylic acids is 2. The number of hydrogen-bond acceptors (Lipinski definition) is 8. The van der Waals surface area contributed by atoms with Crippen molar-refractivity contribution in [3.63, 3.8) is 0 Å². The third-order valence-corrected chi connectivity index (χ3v) is 4.65. The number of carboxylic acids is 2. The van der Waals surface area contributed by atoms with Crippen molar-refractivity contribution in [2.45, 2.75) is 70.3 Å². The second-order valence-corrected chi connectivity index (χ2v) is 7.37. The largest absolute Gasteiger partial charge is 0.481 e. The molecule has 14 heteroatoms. The lowest BCUT2D eigenvalue weighted by Gasteiger charge is -2.26. The Morgan fingerprint density at radius 2 is 1.31 bits per heavy atom. The zero-order chi connectivity index (χ0) is 25.2. The van der Waals surface area contributed by atoms with Gasteiger partial charge in [-0.3, -0.25) is 24.0 Å². The second kappa shape index (κ2) is 13.2. The smallest absolute Gasteiger partial charge is 0.326 e. The fraction of sp³-hybridized carbons (Fsp3) is 0.667. The molecule has 4 amide bonds. The van der Waals surface area contributed by atoms with E-state index >= 15 is 0 Å². The number of carboxylic acid groups (broad SMARTS) is 2. The Morgan fingerprint density at radius 3 is 1.72 bits per heavy atom. The molecule has 0 aromatic carbocycles. The molecule has 10 N–H and O–H groups in total. The first-order valence-corrected chi connectivity index (χ1v) is 9.78. The Balaban J connectivity index is 5.61. The molecule has 0 aromatic rings. The third-order valence-electron chi connectivity index (χ3n) is 4.65.